The molecule has 0 saturated carbocycles. The van der Waals surface area contributed by atoms with Crippen LogP contribution in [0.15, 0.2) is 18.2 Å². The fraction of sp³-hybridized carbons (Fsp3) is 0.364. The number of ether oxygens (including phenoxy) is 1. The molecule has 0 unspecified atom stereocenters. The van der Waals surface area contributed by atoms with Crippen molar-refractivity contribution in [3.63, 3.8) is 0 Å². The zero-order valence-corrected chi connectivity index (χ0v) is 10.5. The molecule has 0 radical (unpaired) electrons. The zero-order valence-electron chi connectivity index (χ0n) is 10.5. The molecule has 0 fully saturated rings. The van der Waals surface area contributed by atoms with Gasteiger partial charge in [-0.15, -0.1) is 13.2 Å². The SMILES string of the molecule is CN(CC(F)(F)F)C(=O)c1ccc(OC(F)(F)F)c(N)c1. The largest absolute Gasteiger partial charge is 0.573 e. The van der Waals surface area contributed by atoms with Crippen molar-refractivity contribution >= 4 is 11.6 Å². The summed E-state index contributed by atoms with van der Waals surface area (Å²) in [6.45, 7) is -1.49. The molecule has 2 N–H and O–H groups in total. The van der Waals surface area contributed by atoms with E-state index in [2.05, 4.69) is 4.74 Å². The van der Waals surface area contributed by atoms with Gasteiger partial charge in [0.1, 0.15) is 6.54 Å². The van der Waals surface area contributed by atoms with Crippen LogP contribution in [0.3, 0.4) is 0 Å². The van der Waals surface area contributed by atoms with Crippen LogP contribution in [0, 0.1) is 0 Å². The minimum absolute atomic E-state index is 0.284. The van der Waals surface area contributed by atoms with Crippen molar-refractivity contribution in [1.82, 2.24) is 4.90 Å². The lowest BCUT2D eigenvalue weighted by Crippen LogP contribution is -2.35. The van der Waals surface area contributed by atoms with Crippen LogP contribution in [0.2, 0.25) is 0 Å². The first-order chi connectivity index (χ1) is 9.39. The minimum atomic E-state index is -4.97. The fourth-order valence-corrected chi connectivity index (χ4v) is 1.46. The third-order valence-corrected chi connectivity index (χ3v) is 2.25. The van der Waals surface area contributed by atoms with E-state index in [4.69, 9.17) is 5.73 Å². The smallest absolute Gasteiger partial charge is 0.404 e. The van der Waals surface area contributed by atoms with Crippen molar-refractivity contribution in [3.05, 3.63) is 23.8 Å². The highest BCUT2D eigenvalue weighted by Crippen LogP contribution is 2.29. The predicted molar refractivity (Wildman–Crippen MR) is 60.6 cm³/mol. The van der Waals surface area contributed by atoms with Crippen LogP contribution in [0.1, 0.15) is 10.4 Å². The molecule has 1 rings (SSSR count). The van der Waals surface area contributed by atoms with E-state index in [0.717, 1.165) is 25.2 Å². The van der Waals surface area contributed by atoms with Gasteiger partial charge in [0.05, 0.1) is 5.69 Å². The van der Waals surface area contributed by atoms with Gasteiger partial charge in [0.15, 0.2) is 5.75 Å². The second kappa shape index (κ2) is 5.70. The van der Waals surface area contributed by atoms with Gasteiger partial charge >= 0.3 is 12.5 Å². The molecule has 21 heavy (non-hydrogen) atoms. The van der Waals surface area contributed by atoms with Crippen LogP contribution in [0.5, 0.6) is 5.75 Å². The number of nitrogens with two attached hydrogens (primary N) is 1. The van der Waals surface area contributed by atoms with Crippen molar-refractivity contribution in [1.29, 1.82) is 0 Å². The van der Waals surface area contributed by atoms with Gasteiger partial charge in [-0.3, -0.25) is 4.79 Å². The number of hydrogen-bond donors (Lipinski definition) is 1. The number of nitrogens with zero attached hydrogens (tertiary/aromatic N) is 1. The molecule has 0 aliphatic rings. The molecule has 0 aromatic heterocycles. The molecule has 0 spiro atoms. The summed E-state index contributed by atoms with van der Waals surface area (Å²) in [5.41, 5.74) is 4.48. The van der Waals surface area contributed by atoms with Crippen LogP contribution in [-0.4, -0.2) is 36.9 Å². The number of nitrogen functional groups attached to an aromatic ring is 1. The summed E-state index contributed by atoms with van der Waals surface area (Å²) in [7, 11) is 0.909. The van der Waals surface area contributed by atoms with E-state index >= 15 is 0 Å². The quantitative estimate of drug-likeness (QED) is 0.689. The molecule has 1 aromatic carbocycles. The maximum Gasteiger partial charge on any atom is 0.573 e. The highest BCUT2D eigenvalue weighted by molar-refractivity contribution is 5.95. The van der Waals surface area contributed by atoms with Gasteiger partial charge < -0.3 is 15.4 Å². The van der Waals surface area contributed by atoms with Gasteiger partial charge in [-0.1, -0.05) is 0 Å². The summed E-state index contributed by atoms with van der Waals surface area (Å²) < 4.78 is 76.1. The van der Waals surface area contributed by atoms with Crippen molar-refractivity contribution in [2.75, 3.05) is 19.3 Å². The van der Waals surface area contributed by atoms with Crippen LogP contribution in [-0.2, 0) is 0 Å². The molecular formula is C11H10F6N2O2. The van der Waals surface area contributed by atoms with Gasteiger partial charge in [0.2, 0.25) is 0 Å². The van der Waals surface area contributed by atoms with E-state index in [9.17, 15) is 31.1 Å². The molecule has 0 heterocycles. The van der Waals surface area contributed by atoms with Crippen molar-refractivity contribution < 1.29 is 35.9 Å². The number of anilines is 1. The first kappa shape index (κ1) is 16.9. The number of amides is 1. The molecule has 118 valence electrons. The molecule has 0 atom stereocenters. The number of rotatable bonds is 3. The first-order valence-corrected chi connectivity index (χ1v) is 5.36. The van der Waals surface area contributed by atoms with Gasteiger partial charge in [-0.25, -0.2) is 0 Å². The maximum atomic E-state index is 12.1. The highest BCUT2D eigenvalue weighted by Gasteiger charge is 2.33. The van der Waals surface area contributed by atoms with Crippen LogP contribution < -0.4 is 10.5 Å². The van der Waals surface area contributed by atoms with Crippen molar-refractivity contribution in [3.8, 4) is 5.75 Å². The van der Waals surface area contributed by atoms with Crippen molar-refractivity contribution in [2.24, 2.45) is 0 Å². The van der Waals surface area contributed by atoms with Crippen LogP contribution >= 0.6 is 0 Å². The lowest BCUT2D eigenvalue weighted by Gasteiger charge is -2.19. The Morgan fingerprint density at radius 2 is 1.81 bits per heavy atom. The summed E-state index contributed by atoms with van der Waals surface area (Å²) in [5, 5.41) is 0. The third kappa shape index (κ3) is 5.40. The van der Waals surface area contributed by atoms with Gasteiger partial charge in [-0.2, -0.15) is 13.2 Å². The molecule has 0 bridgehead atoms. The minimum Gasteiger partial charge on any atom is -0.404 e. The Hall–Kier alpha value is -2.13. The maximum absolute atomic E-state index is 12.1. The second-order valence-corrected chi connectivity index (χ2v) is 4.08. The average Bonchev–Trinajstić information content (AvgIpc) is 2.27. The van der Waals surface area contributed by atoms with E-state index in [1.807, 2.05) is 0 Å². The topological polar surface area (TPSA) is 55.6 Å². The molecule has 4 nitrogen and oxygen atoms in total. The molecule has 1 aromatic rings. The lowest BCUT2D eigenvalue weighted by atomic mass is 10.1. The number of halogens is 6. The van der Waals surface area contributed by atoms with E-state index in [0.29, 0.717) is 4.90 Å². The average molecular weight is 316 g/mol. The Morgan fingerprint density at radius 1 is 1.24 bits per heavy atom. The van der Waals surface area contributed by atoms with Gasteiger partial charge in [0, 0.05) is 12.6 Å². The molecule has 0 saturated heterocycles. The third-order valence-electron chi connectivity index (χ3n) is 2.25. The van der Waals surface area contributed by atoms with E-state index < -0.39 is 36.4 Å². The molecular weight excluding hydrogens is 306 g/mol. The van der Waals surface area contributed by atoms with Crippen molar-refractivity contribution in [2.45, 2.75) is 12.5 Å². The summed E-state index contributed by atoms with van der Waals surface area (Å²) >= 11 is 0. The normalized spacial score (nSPS) is 12.1. The lowest BCUT2D eigenvalue weighted by molar-refractivity contribution is -0.274. The number of carbonyl (C=O) groups is 1. The number of benzene rings is 1. The number of hydrogen-bond acceptors (Lipinski definition) is 3. The van der Waals surface area contributed by atoms with Gasteiger partial charge in [0.25, 0.3) is 5.91 Å². The molecule has 0 aliphatic heterocycles. The Labute approximate surface area is 115 Å². The zero-order chi connectivity index (χ0) is 16.4. The summed E-state index contributed by atoms with van der Waals surface area (Å²) in [5.74, 6) is -1.77. The standard InChI is InChI=1S/C11H10F6N2O2/c1-19(5-10(12,13)14)9(20)6-2-3-8(7(18)4-6)21-11(15,16)17/h2-4H,5,18H2,1H3. The first-order valence-electron chi connectivity index (χ1n) is 5.36. The van der Waals surface area contributed by atoms with Gasteiger partial charge in [-0.05, 0) is 18.2 Å². The van der Waals surface area contributed by atoms with Crippen LogP contribution in [0.25, 0.3) is 0 Å². The summed E-state index contributed by atoms with van der Waals surface area (Å²) in [6, 6.07) is 2.47. The Morgan fingerprint density at radius 3 is 2.24 bits per heavy atom. The Bertz CT molecular complexity index is 526. The summed E-state index contributed by atoms with van der Waals surface area (Å²) in [4.78, 5) is 12.1. The molecule has 0 aliphatic carbocycles. The highest BCUT2D eigenvalue weighted by atomic mass is 19.4. The predicted octanol–water partition coefficient (Wildman–Crippen LogP) is 2.80. The van der Waals surface area contributed by atoms with E-state index in [1.54, 1.807) is 0 Å². The summed E-state index contributed by atoms with van der Waals surface area (Å²) in [6.07, 6.45) is -9.55. The van der Waals surface area contributed by atoms with E-state index in [-0.39, 0.29) is 5.56 Å². The fourth-order valence-electron chi connectivity index (χ4n) is 1.46. The van der Waals surface area contributed by atoms with E-state index in [1.165, 1.54) is 0 Å². The number of carbonyl (C=O) groups excluding carboxylic acids is 1. The molecule has 10 heteroatoms. The second-order valence-electron chi connectivity index (χ2n) is 4.08. The Balaban J connectivity index is 2.91. The van der Waals surface area contributed by atoms with Crippen LogP contribution in [0.4, 0.5) is 32.0 Å². The Kier molecular flexibility index (Phi) is 4.59. The monoisotopic (exact) mass is 316 g/mol. The molecule has 1 amide bonds. The number of alkyl halides is 6.